The molecule has 0 unspecified atom stereocenters. The van der Waals surface area contributed by atoms with E-state index in [0.717, 1.165) is 17.1 Å². The van der Waals surface area contributed by atoms with Gasteiger partial charge < -0.3 is 11.1 Å². The molecule has 5 nitrogen and oxygen atoms in total. The van der Waals surface area contributed by atoms with Gasteiger partial charge in [0.1, 0.15) is 16.5 Å². The maximum atomic E-state index is 12.2. The number of anilines is 1. The van der Waals surface area contributed by atoms with Crippen LogP contribution >= 0.6 is 11.3 Å². The van der Waals surface area contributed by atoms with Gasteiger partial charge in [0, 0.05) is 4.88 Å². The molecule has 3 N–H and O–H groups in total. The highest BCUT2D eigenvalue weighted by molar-refractivity contribution is 7.11. The highest BCUT2D eigenvalue weighted by Gasteiger charge is 2.18. The molecule has 0 radical (unpaired) electrons. The predicted molar refractivity (Wildman–Crippen MR) is 80.7 cm³/mol. The number of nitrogens with one attached hydrogen (secondary N) is 1. The largest absolute Gasteiger partial charge is 0.384 e. The number of carbonyl (C=O) groups is 1. The lowest BCUT2D eigenvalue weighted by Gasteiger charge is -2.14. The molecule has 0 saturated carbocycles. The van der Waals surface area contributed by atoms with Crippen molar-refractivity contribution in [2.24, 2.45) is 0 Å². The number of pyridine rings is 1. The van der Waals surface area contributed by atoms with E-state index in [1.165, 1.54) is 4.88 Å². The van der Waals surface area contributed by atoms with E-state index in [0.29, 0.717) is 11.5 Å². The van der Waals surface area contributed by atoms with E-state index >= 15 is 0 Å². The van der Waals surface area contributed by atoms with E-state index in [4.69, 9.17) is 5.73 Å². The normalized spacial score (nSPS) is 12.2. The van der Waals surface area contributed by atoms with Gasteiger partial charge in [-0.2, -0.15) is 0 Å². The second kappa shape index (κ2) is 6.00. The van der Waals surface area contributed by atoms with Crippen LogP contribution in [0.5, 0.6) is 0 Å². The molecule has 0 aliphatic heterocycles. The fraction of sp³-hybridized carbons (Fsp3) is 0.357. The topological polar surface area (TPSA) is 80.9 Å². The predicted octanol–water partition coefficient (Wildman–Crippen LogP) is 2.62. The van der Waals surface area contributed by atoms with Crippen molar-refractivity contribution in [3.8, 4) is 0 Å². The summed E-state index contributed by atoms with van der Waals surface area (Å²) in [5.41, 5.74) is 6.93. The van der Waals surface area contributed by atoms with Crippen LogP contribution < -0.4 is 11.1 Å². The minimum atomic E-state index is -0.227. The summed E-state index contributed by atoms with van der Waals surface area (Å²) in [5, 5.41) is 3.89. The molecule has 0 aliphatic rings. The van der Waals surface area contributed by atoms with Crippen molar-refractivity contribution < 1.29 is 4.79 Å². The van der Waals surface area contributed by atoms with Gasteiger partial charge in [0.2, 0.25) is 0 Å². The number of nitrogens with two attached hydrogens (primary N) is 1. The number of hydrogen-bond donors (Lipinski definition) is 2. The number of nitrogen functional groups attached to an aromatic ring is 1. The molecule has 0 saturated heterocycles. The first kappa shape index (κ1) is 14.5. The van der Waals surface area contributed by atoms with Gasteiger partial charge in [-0.05, 0) is 32.4 Å². The molecular weight excluding hydrogens is 272 g/mol. The number of aromatic nitrogens is 2. The number of amides is 1. The van der Waals surface area contributed by atoms with Gasteiger partial charge in [0.05, 0.1) is 11.7 Å². The van der Waals surface area contributed by atoms with E-state index in [-0.39, 0.29) is 11.9 Å². The minimum Gasteiger partial charge on any atom is -0.384 e. The summed E-state index contributed by atoms with van der Waals surface area (Å²) in [6.45, 7) is 6.03. The van der Waals surface area contributed by atoms with Crippen LogP contribution in [0.3, 0.4) is 0 Å². The van der Waals surface area contributed by atoms with Gasteiger partial charge >= 0.3 is 0 Å². The van der Waals surface area contributed by atoms with E-state index in [2.05, 4.69) is 15.3 Å². The van der Waals surface area contributed by atoms with Gasteiger partial charge in [-0.3, -0.25) is 4.79 Å². The van der Waals surface area contributed by atoms with Crippen molar-refractivity contribution in [2.75, 3.05) is 5.73 Å². The fourth-order valence-corrected chi connectivity index (χ4v) is 2.85. The Morgan fingerprint density at radius 3 is 2.70 bits per heavy atom. The third-order valence-electron chi connectivity index (χ3n) is 3.06. The zero-order valence-electron chi connectivity index (χ0n) is 11.8. The van der Waals surface area contributed by atoms with Gasteiger partial charge in [0.15, 0.2) is 0 Å². The molecule has 2 aromatic heterocycles. The van der Waals surface area contributed by atoms with Crippen molar-refractivity contribution in [1.29, 1.82) is 0 Å². The summed E-state index contributed by atoms with van der Waals surface area (Å²) in [6.07, 6.45) is 0.778. The number of hydrogen-bond acceptors (Lipinski definition) is 5. The summed E-state index contributed by atoms with van der Waals surface area (Å²) >= 11 is 1.62. The Balaban J connectivity index is 2.16. The Bertz CT molecular complexity index is 604. The molecule has 106 valence electrons. The van der Waals surface area contributed by atoms with Crippen LogP contribution in [-0.4, -0.2) is 15.9 Å². The molecule has 1 amide bonds. The van der Waals surface area contributed by atoms with Crippen LogP contribution in [0.4, 0.5) is 5.82 Å². The highest BCUT2D eigenvalue weighted by Crippen LogP contribution is 2.25. The number of thiazole rings is 1. The first-order chi connectivity index (χ1) is 9.51. The molecule has 0 bridgehead atoms. The molecule has 0 spiro atoms. The molecule has 0 fully saturated rings. The molecule has 2 rings (SSSR count). The van der Waals surface area contributed by atoms with Gasteiger partial charge in [-0.15, -0.1) is 11.3 Å². The Labute approximate surface area is 122 Å². The van der Waals surface area contributed by atoms with Crippen LogP contribution in [0, 0.1) is 13.8 Å². The van der Waals surface area contributed by atoms with Crippen molar-refractivity contribution in [3.63, 3.8) is 0 Å². The molecule has 0 aliphatic carbocycles. The zero-order valence-corrected chi connectivity index (χ0v) is 12.6. The van der Waals surface area contributed by atoms with E-state index in [1.807, 2.05) is 20.8 Å². The Morgan fingerprint density at radius 2 is 2.15 bits per heavy atom. The molecule has 6 heteroatoms. The Kier molecular flexibility index (Phi) is 4.34. The quantitative estimate of drug-likeness (QED) is 0.907. The first-order valence-corrected chi connectivity index (χ1v) is 7.30. The van der Waals surface area contributed by atoms with Crippen LogP contribution in [0.1, 0.15) is 45.5 Å². The fourth-order valence-electron chi connectivity index (χ4n) is 1.80. The lowest BCUT2D eigenvalue weighted by Crippen LogP contribution is -2.29. The SMILES string of the molecule is CC[C@H](NC(=O)c1cccc(N)n1)c1nc(C)c(C)s1. The molecule has 20 heavy (non-hydrogen) atoms. The van der Waals surface area contributed by atoms with Crippen LogP contribution in [0.25, 0.3) is 0 Å². The number of carbonyl (C=O) groups excluding carboxylic acids is 1. The summed E-state index contributed by atoms with van der Waals surface area (Å²) in [4.78, 5) is 21.9. The van der Waals surface area contributed by atoms with Crippen molar-refractivity contribution >= 4 is 23.1 Å². The summed E-state index contributed by atoms with van der Waals surface area (Å²) < 4.78 is 0. The first-order valence-electron chi connectivity index (χ1n) is 6.48. The van der Waals surface area contributed by atoms with Gasteiger partial charge in [0.25, 0.3) is 5.91 Å². The highest BCUT2D eigenvalue weighted by atomic mass is 32.1. The van der Waals surface area contributed by atoms with E-state index < -0.39 is 0 Å². The standard InChI is InChI=1S/C14H18N4OS/c1-4-10(14-16-8(2)9(3)20-14)18-13(19)11-6-5-7-12(15)17-11/h5-7,10H,4H2,1-3H3,(H2,15,17)(H,18,19)/t10-/m0/s1. The zero-order chi connectivity index (χ0) is 14.7. The maximum Gasteiger partial charge on any atom is 0.270 e. The van der Waals surface area contributed by atoms with Crippen LogP contribution in [-0.2, 0) is 0 Å². The second-order valence-electron chi connectivity index (χ2n) is 4.58. The average Bonchev–Trinajstić information content (AvgIpc) is 2.75. The summed E-state index contributed by atoms with van der Waals surface area (Å²) in [7, 11) is 0. The molecule has 2 aromatic rings. The van der Waals surface area contributed by atoms with E-state index in [9.17, 15) is 4.79 Å². The molecule has 1 atom stereocenters. The van der Waals surface area contributed by atoms with Crippen LogP contribution in [0.15, 0.2) is 18.2 Å². The second-order valence-corrected chi connectivity index (χ2v) is 5.81. The molecule has 2 heterocycles. The molecule has 0 aromatic carbocycles. The van der Waals surface area contributed by atoms with Gasteiger partial charge in [-0.1, -0.05) is 13.0 Å². The summed E-state index contributed by atoms with van der Waals surface area (Å²) in [5.74, 6) is 0.112. The van der Waals surface area contributed by atoms with Gasteiger partial charge in [-0.25, -0.2) is 9.97 Å². The number of nitrogens with zero attached hydrogens (tertiary/aromatic N) is 2. The Hall–Kier alpha value is -1.95. The third-order valence-corrected chi connectivity index (χ3v) is 4.25. The summed E-state index contributed by atoms with van der Waals surface area (Å²) in [6, 6.07) is 4.93. The Morgan fingerprint density at radius 1 is 1.40 bits per heavy atom. The minimum absolute atomic E-state index is 0.0943. The monoisotopic (exact) mass is 290 g/mol. The third kappa shape index (κ3) is 3.14. The molecular formula is C14H18N4OS. The smallest absolute Gasteiger partial charge is 0.270 e. The van der Waals surface area contributed by atoms with Crippen molar-refractivity contribution in [2.45, 2.75) is 33.2 Å². The van der Waals surface area contributed by atoms with Crippen molar-refractivity contribution in [3.05, 3.63) is 39.5 Å². The lowest BCUT2D eigenvalue weighted by molar-refractivity contribution is 0.0930. The lowest BCUT2D eigenvalue weighted by atomic mass is 10.2. The number of rotatable bonds is 4. The van der Waals surface area contributed by atoms with Crippen LogP contribution in [0.2, 0.25) is 0 Å². The van der Waals surface area contributed by atoms with E-state index in [1.54, 1.807) is 29.5 Å². The van der Waals surface area contributed by atoms with Crippen molar-refractivity contribution in [1.82, 2.24) is 15.3 Å². The maximum absolute atomic E-state index is 12.2. The number of aryl methyl sites for hydroxylation is 2. The average molecular weight is 290 g/mol.